The molecule has 0 saturated heterocycles. The van der Waals surface area contributed by atoms with Crippen LogP contribution in [0.3, 0.4) is 0 Å². The van der Waals surface area contributed by atoms with Gasteiger partial charge in [-0.15, -0.1) is 0 Å². The first-order chi connectivity index (χ1) is 8.28. The van der Waals surface area contributed by atoms with E-state index >= 15 is 0 Å². The van der Waals surface area contributed by atoms with Crippen molar-refractivity contribution in [1.82, 2.24) is 15.0 Å². The van der Waals surface area contributed by atoms with Crippen LogP contribution in [0, 0.1) is 0 Å². The zero-order valence-electron chi connectivity index (χ0n) is 9.42. The van der Waals surface area contributed by atoms with E-state index in [1.54, 1.807) is 12.4 Å². The van der Waals surface area contributed by atoms with E-state index in [0.717, 1.165) is 22.3 Å². The van der Waals surface area contributed by atoms with Gasteiger partial charge < -0.3 is 11.1 Å². The first kappa shape index (κ1) is 11.7. The highest BCUT2D eigenvalue weighted by Gasteiger charge is 2.03. The van der Waals surface area contributed by atoms with Crippen LogP contribution in [0.4, 0.5) is 11.8 Å². The average Bonchev–Trinajstić information content (AvgIpc) is 2.30. The molecule has 2 aromatic rings. The zero-order valence-corrected chi connectivity index (χ0v) is 10.2. The van der Waals surface area contributed by atoms with E-state index in [4.69, 9.17) is 5.73 Å². The highest BCUT2D eigenvalue weighted by Crippen LogP contribution is 2.27. The lowest BCUT2D eigenvalue weighted by Gasteiger charge is -2.06. The molecule has 0 radical (unpaired) electrons. The van der Waals surface area contributed by atoms with E-state index in [9.17, 15) is 0 Å². The molecular weight excluding hydrogens is 234 g/mol. The Morgan fingerprint density at radius 1 is 1.29 bits per heavy atom. The fourth-order valence-corrected chi connectivity index (χ4v) is 2.10. The Labute approximate surface area is 104 Å². The van der Waals surface area contributed by atoms with Crippen LogP contribution in [0.1, 0.15) is 6.92 Å². The molecule has 0 aromatic carbocycles. The number of nitrogens with zero attached hydrogens (tertiary/aromatic N) is 3. The lowest BCUT2D eigenvalue weighted by Crippen LogP contribution is -2.03. The molecular formula is C11H13N5S. The largest absolute Gasteiger partial charge is 0.370 e. The third-order valence-corrected chi connectivity index (χ3v) is 2.88. The number of anilines is 2. The van der Waals surface area contributed by atoms with Gasteiger partial charge in [-0.05, 0) is 19.1 Å². The van der Waals surface area contributed by atoms with Crippen molar-refractivity contribution in [2.24, 2.45) is 0 Å². The van der Waals surface area contributed by atoms with Gasteiger partial charge in [-0.25, -0.2) is 4.98 Å². The summed E-state index contributed by atoms with van der Waals surface area (Å²) in [5.74, 6) is 1.02. The molecule has 0 bridgehead atoms. The average molecular weight is 247 g/mol. The van der Waals surface area contributed by atoms with Crippen molar-refractivity contribution in [1.29, 1.82) is 0 Å². The van der Waals surface area contributed by atoms with Crippen molar-refractivity contribution in [3.8, 4) is 0 Å². The van der Waals surface area contributed by atoms with Gasteiger partial charge in [0.25, 0.3) is 0 Å². The van der Waals surface area contributed by atoms with Crippen LogP contribution in [0.15, 0.2) is 40.5 Å². The van der Waals surface area contributed by atoms with Crippen LogP contribution in [0.2, 0.25) is 0 Å². The molecule has 88 valence electrons. The minimum absolute atomic E-state index is 0.278. The van der Waals surface area contributed by atoms with E-state index in [1.165, 1.54) is 11.8 Å². The fraction of sp³-hybridized carbons (Fsp3) is 0.182. The molecule has 2 aromatic heterocycles. The first-order valence-corrected chi connectivity index (χ1v) is 6.06. The van der Waals surface area contributed by atoms with Gasteiger partial charge in [-0.2, -0.15) is 4.98 Å². The molecule has 0 aliphatic carbocycles. The van der Waals surface area contributed by atoms with Crippen molar-refractivity contribution < 1.29 is 0 Å². The van der Waals surface area contributed by atoms with E-state index in [0.29, 0.717) is 0 Å². The Balaban J connectivity index is 2.21. The van der Waals surface area contributed by atoms with Crippen molar-refractivity contribution in [3.63, 3.8) is 0 Å². The van der Waals surface area contributed by atoms with Gasteiger partial charge in [-0.3, -0.25) is 4.98 Å². The molecule has 0 atom stereocenters. The standard InChI is InChI=1S/C11H13N5S/c1-2-14-9-7-10(16-11(12)15-9)17-8-3-5-13-6-4-8/h3-7H,2H2,1H3,(H3,12,14,15,16). The van der Waals surface area contributed by atoms with Crippen LogP contribution in [-0.2, 0) is 0 Å². The van der Waals surface area contributed by atoms with Crippen LogP contribution < -0.4 is 11.1 Å². The Morgan fingerprint density at radius 3 is 2.76 bits per heavy atom. The number of nitrogens with two attached hydrogens (primary N) is 1. The molecule has 0 spiro atoms. The van der Waals surface area contributed by atoms with Crippen LogP contribution in [0.5, 0.6) is 0 Å². The van der Waals surface area contributed by atoms with E-state index < -0.39 is 0 Å². The Bertz CT molecular complexity index is 488. The molecule has 0 unspecified atom stereocenters. The quantitative estimate of drug-likeness (QED) is 0.805. The number of pyridine rings is 1. The first-order valence-electron chi connectivity index (χ1n) is 5.24. The van der Waals surface area contributed by atoms with Gasteiger partial charge >= 0.3 is 0 Å². The summed E-state index contributed by atoms with van der Waals surface area (Å²) in [4.78, 5) is 13.3. The van der Waals surface area contributed by atoms with Crippen molar-refractivity contribution in [2.75, 3.05) is 17.6 Å². The second-order valence-corrected chi connectivity index (χ2v) is 4.36. The fourth-order valence-electron chi connectivity index (χ4n) is 1.29. The summed E-state index contributed by atoms with van der Waals surface area (Å²) in [5, 5.41) is 3.94. The molecule has 0 aliphatic heterocycles. The van der Waals surface area contributed by atoms with E-state index in [2.05, 4.69) is 20.3 Å². The van der Waals surface area contributed by atoms with Gasteiger partial charge in [0, 0.05) is 29.9 Å². The molecule has 17 heavy (non-hydrogen) atoms. The molecule has 5 nitrogen and oxygen atoms in total. The summed E-state index contributed by atoms with van der Waals surface area (Å²) in [6.07, 6.45) is 3.50. The second-order valence-electron chi connectivity index (χ2n) is 3.26. The van der Waals surface area contributed by atoms with E-state index in [1.807, 2.05) is 25.1 Å². The van der Waals surface area contributed by atoms with Crippen molar-refractivity contribution in [2.45, 2.75) is 16.8 Å². The zero-order chi connectivity index (χ0) is 12.1. The maximum Gasteiger partial charge on any atom is 0.223 e. The van der Waals surface area contributed by atoms with Crippen LogP contribution in [0.25, 0.3) is 0 Å². The summed E-state index contributed by atoms with van der Waals surface area (Å²) in [6.45, 7) is 2.81. The number of nitrogen functional groups attached to an aromatic ring is 1. The number of nitrogens with one attached hydrogen (secondary N) is 1. The normalized spacial score (nSPS) is 10.2. The summed E-state index contributed by atoms with van der Waals surface area (Å²) >= 11 is 1.53. The SMILES string of the molecule is CCNc1cc(Sc2ccncc2)nc(N)n1. The third-order valence-electron chi connectivity index (χ3n) is 1.95. The van der Waals surface area contributed by atoms with Gasteiger partial charge in [0.15, 0.2) is 0 Å². The smallest absolute Gasteiger partial charge is 0.223 e. The molecule has 0 fully saturated rings. The summed E-state index contributed by atoms with van der Waals surface area (Å²) in [6, 6.07) is 5.73. The minimum atomic E-state index is 0.278. The lowest BCUT2D eigenvalue weighted by molar-refractivity contribution is 1.04. The summed E-state index contributed by atoms with van der Waals surface area (Å²) < 4.78 is 0. The molecule has 2 heterocycles. The molecule has 3 N–H and O–H groups in total. The van der Waals surface area contributed by atoms with Gasteiger partial charge in [-0.1, -0.05) is 11.8 Å². The Kier molecular flexibility index (Phi) is 3.77. The summed E-state index contributed by atoms with van der Waals surface area (Å²) in [5.41, 5.74) is 5.66. The molecule has 0 saturated carbocycles. The Morgan fingerprint density at radius 2 is 2.06 bits per heavy atom. The Hall–Kier alpha value is -1.82. The van der Waals surface area contributed by atoms with Gasteiger partial charge in [0.2, 0.25) is 5.95 Å². The predicted octanol–water partition coefficient (Wildman–Crippen LogP) is 2.04. The van der Waals surface area contributed by atoms with Gasteiger partial charge in [0.1, 0.15) is 10.8 Å². The maximum atomic E-state index is 5.66. The molecule has 0 aliphatic rings. The van der Waals surface area contributed by atoms with Crippen LogP contribution >= 0.6 is 11.8 Å². The third kappa shape index (κ3) is 3.32. The lowest BCUT2D eigenvalue weighted by atomic mass is 10.5. The second kappa shape index (κ2) is 5.49. The van der Waals surface area contributed by atoms with Gasteiger partial charge in [0.05, 0.1) is 0 Å². The monoisotopic (exact) mass is 247 g/mol. The van der Waals surface area contributed by atoms with E-state index in [-0.39, 0.29) is 5.95 Å². The highest BCUT2D eigenvalue weighted by molar-refractivity contribution is 7.99. The maximum absolute atomic E-state index is 5.66. The number of hydrogen-bond acceptors (Lipinski definition) is 6. The number of hydrogen-bond donors (Lipinski definition) is 2. The highest BCUT2D eigenvalue weighted by atomic mass is 32.2. The summed E-state index contributed by atoms with van der Waals surface area (Å²) in [7, 11) is 0. The molecule has 0 amide bonds. The van der Waals surface area contributed by atoms with Crippen molar-refractivity contribution in [3.05, 3.63) is 30.6 Å². The molecule has 6 heteroatoms. The number of rotatable bonds is 4. The van der Waals surface area contributed by atoms with Crippen molar-refractivity contribution >= 4 is 23.5 Å². The van der Waals surface area contributed by atoms with Crippen LogP contribution in [-0.4, -0.2) is 21.5 Å². The topological polar surface area (TPSA) is 76.7 Å². The molecule has 2 rings (SSSR count). The number of aromatic nitrogens is 3. The minimum Gasteiger partial charge on any atom is -0.370 e. The predicted molar refractivity (Wildman–Crippen MR) is 69.0 cm³/mol.